The van der Waals surface area contributed by atoms with Gasteiger partial charge in [-0.25, -0.2) is 4.99 Å². The number of nitrogens with zero attached hydrogens (tertiary/aromatic N) is 2. The van der Waals surface area contributed by atoms with Gasteiger partial charge in [0.15, 0.2) is 23.4 Å². The van der Waals surface area contributed by atoms with Crippen molar-refractivity contribution in [3.8, 4) is 11.5 Å². The van der Waals surface area contributed by atoms with Crippen LogP contribution in [-0.2, 0) is 4.79 Å². The van der Waals surface area contributed by atoms with Crippen molar-refractivity contribution in [3.05, 3.63) is 54.0 Å². The fourth-order valence-corrected chi connectivity index (χ4v) is 2.76. The largest absolute Gasteiger partial charge is 0.505 e. The van der Waals surface area contributed by atoms with Crippen LogP contribution >= 0.6 is 0 Å². The Bertz CT molecular complexity index is 1150. The lowest BCUT2D eigenvalue weighted by Gasteiger charge is -2.05. The molecule has 0 spiro atoms. The summed E-state index contributed by atoms with van der Waals surface area (Å²) in [6.45, 7) is 3.32. The van der Waals surface area contributed by atoms with E-state index in [4.69, 9.17) is 4.42 Å². The van der Waals surface area contributed by atoms with E-state index in [0.29, 0.717) is 11.7 Å². The Morgan fingerprint density at radius 1 is 1.26 bits per heavy atom. The summed E-state index contributed by atoms with van der Waals surface area (Å²) in [5.41, 5.74) is -0.0373. The van der Waals surface area contributed by atoms with Crippen molar-refractivity contribution in [3.63, 3.8) is 0 Å². The van der Waals surface area contributed by atoms with E-state index >= 15 is 0 Å². The summed E-state index contributed by atoms with van der Waals surface area (Å²) >= 11 is 0. The zero-order valence-electron chi connectivity index (χ0n) is 14.6. The molecule has 27 heavy (non-hydrogen) atoms. The number of aldehydes is 1. The SMILES string of the molecule is C/C=C\C=C/C(C=O)=NC(=O)c1c(C)oc2c(O)c3cccnc3c(O)c12. The average molecular weight is 364 g/mol. The minimum Gasteiger partial charge on any atom is -0.505 e. The summed E-state index contributed by atoms with van der Waals surface area (Å²) in [5.74, 6) is -1.16. The minimum atomic E-state index is -0.775. The van der Waals surface area contributed by atoms with Crippen molar-refractivity contribution >= 4 is 39.8 Å². The van der Waals surface area contributed by atoms with Gasteiger partial charge < -0.3 is 14.6 Å². The molecule has 1 aromatic carbocycles. The molecule has 0 radical (unpaired) electrons. The number of pyridine rings is 1. The summed E-state index contributed by atoms with van der Waals surface area (Å²) in [5, 5.41) is 21.4. The predicted octanol–water partition coefficient (Wildman–Crippen LogP) is 3.61. The number of aromatic nitrogens is 1. The molecule has 0 aliphatic heterocycles. The first-order valence-electron chi connectivity index (χ1n) is 8.08. The number of phenolic OH excluding ortho intramolecular Hbond substituents is 2. The van der Waals surface area contributed by atoms with Crippen molar-refractivity contribution < 1.29 is 24.2 Å². The van der Waals surface area contributed by atoms with Crippen molar-refractivity contribution in [2.75, 3.05) is 0 Å². The molecule has 0 saturated carbocycles. The fraction of sp³-hybridized carbons (Fsp3) is 0.100. The summed E-state index contributed by atoms with van der Waals surface area (Å²) in [6, 6.07) is 3.18. The first kappa shape index (κ1) is 18.1. The highest BCUT2D eigenvalue weighted by atomic mass is 16.4. The Labute approximate surface area is 154 Å². The van der Waals surface area contributed by atoms with Gasteiger partial charge in [0.25, 0.3) is 5.91 Å². The van der Waals surface area contributed by atoms with Gasteiger partial charge in [0.1, 0.15) is 17.0 Å². The average Bonchev–Trinajstić information content (AvgIpc) is 3.03. The number of hydrogen-bond acceptors (Lipinski definition) is 6. The van der Waals surface area contributed by atoms with Crippen LogP contribution in [0.4, 0.5) is 0 Å². The fourth-order valence-electron chi connectivity index (χ4n) is 2.76. The van der Waals surface area contributed by atoms with Crippen LogP contribution in [0.1, 0.15) is 23.0 Å². The highest BCUT2D eigenvalue weighted by molar-refractivity contribution is 6.36. The van der Waals surface area contributed by atoms with E-state index in [1.165, 1.54) is 19.2 Å². The first-order valence-corrected chi connectivity index (χ1v) is 8.08. The van der Waals surface area contributed by atoms with Crippen molar-refractivity contribution in [1.29, 1.82) is 0 Å². The number of aliphatic imine (C=N–C) groups is 1. The molecule has 136 valence electrons. The third-order valence-electron chi connectivity index (χ3n) is 3.96. The Kier molecular flexibility index (Phi) is 4.85. The molecule has 7 nitrogen and oxygen atoms in total. The van der Waals surface area contributed by atoms with Gasteiger partial charge >= 0.3 is 0 Å². The number of furan rings is 1. The number of allylic oxidation sites excluding steroid dienone is 4. The normalized spacial score (nSPS) is 12.6. The number of fused-ring (bicyclic) bond motifs is 2. The van der Waals surface area contributed by atoms with Crippen LogP contribution in [0.15, 0.2) is 52.0 Å². The molecule has 0 bridgehead atoms. The van der Waals surface area contributed by atoms with E-state index in [-0.39, 0.29) is 45.0 Å². The molecule has 2 aromatic heterocycles. The van der Waals surface area contributed by atoms with Crippen LogP contribution in [0.25, 0.3) is 21.9 Å². The van der Waals surface area contributed by atoms with Gasteiger partial charge in [-0.15, -0.1) is 0 Å². The number of rotatable bonds is 4. The number of carbonyl (C=O) groups is 2. The molecule has 0 unspecified atom stereocenters. The van der Waals surface area contributed by atoms with Gasteiger partial charge in [-0.1, -0.05) is 18.2 Å². The minimum absolute atomic E-state index is 0.00707. The third-order valence-corrected chi connectivity index (χ3v) is 3.96. The van der Waals surface area contributed by atoms with Crippen LogP contribution in [0.2, 0.25) is 0 Å². The molecule has 2 N–H and O–H groups in total. The van der Waals surface area contributed by atoms with Crippen molar-refractivity contribution in [2.24, 2.45) is 4.99 Å². The van der Waals surface area contributed by atoms with Crippen molar-refractivity contribution in [2.45, 2.75) is 13.8 Å². The Morgan fingerprint density at radius 2 is 2.04 bits per heavy atom. The van der Waals surface area contributed by atoms with Gasteiger partial charge in [0.05, 0.1) is 10.9 Å². The zero-order chi connectivity index (χ0) is 19.6. The second-order valence-corrected chi connectivity index (χ2v) is 5.68. The molecule has 1 amide bonds. The Balaban J connectivity index is 2.24. The van der Waals surface area contributed by atoms with Crippen LogP contribution in [-0.4, -0.2) is 33.1 Å². The number of benzene rings is 1. The van der Waals surface area contributed by atoms with E-state index < -0.39 is 5.91 Å². The Morgan fingerprint density at radius 3 is 2.74 bits per heavy atom. The van der Waals surface area contributed by atoms with Gasteiger partial charge in [0, 0.05) is 11.6 Å². The summed E-state index contributed by atoms with van der Waals surface area (Å²) in [6.07, 6.45) is 8.30. The van der Waals surface area contributed by atoms with Crippen molar-refractivity contribution in [1.82, 2.24) is 4.98 Å². The van der Waals surface area contributed by atoms with E-state index in [2.05, 4.69) is 9.98 Å². The second kappa shape index (κ2) is 7.25. The number of aromatic hydroxyl groups is 2. The first-order chi connectivity index (χ1) is 13.0. The maximum Gasteiger partial charge on any atom is 0.281 e. The highest BCUT2D eigenvalue weighted by Gasteiger charge is 2.26. The molecular weight excluding hydrogens is 348 g/mol. The van der Waals surface area contributed by atoms with Crippen LogP contribution < -0.4 is 0 Å². The van der Waals surface area contributed by atoms with Crippen LogP contribution in [0, 0.1) is 6.92 Å². The number of amides is 1. The van der Waals surface area contributed by atoms with E-state index in [1.54, 1.807) is 30.4 Å². The molecule has 7 heteroatoms. The topological polar surface area (TPSA) is 113 Å². The van der Waals surface area contributed by atoms with E-state index in [9.17, 15) is 19.8 Å². The maximum atomic E-state index is 12.7. The van der Waals surface area contributed by atoms with Crippen LogP contribution in [0.3, 0.4) is 0 Å². The molecule has 0 aliphatic carbocycles. The standard InChI is InChI=1S/C20H16N2O5/c1-3-4-5-7-12(10-23)22-20(26)14-11(2)27-19-15(14)18(25)16-13(17(19)24)8-6-9-21-16/h3-10,24-25H,1-2H3/b4-3-,7-5-,22-12?. The van der Waals surface area contributed by atoms with Crippen LogP contribution in [0.5, 0.6) is 11.5 Å². The quantitative estimate of drug-likeness (QED) is 0.316. The lowest BCUT2D eigenvalue weighted by atomic mass is 10.1. The maximum absolute atomic E-state index is 12.7. The number of carbonyl (C=O) groups excluding carboxylic acids is 2. The lowest BCUT2D eigenvalue weighted by molar-refractivity contribution is -0.102. The summed E-state index contributed by atoms with van der Waals surface area (Å²) < 4.78 is 5.51. The zero-order valence-corrected chi connectivity index (χ0v) is 14.6. The predicted molar refractivity (Wildman–Crippen MR) is 101 cm³/mol. The molecule has 0 saturated heterocycles. The molecular formula is C20H16N2O5. The highest BCUT2D eigenvalue weighted by Crippen LogP contribution is 2.44. The molecule has 3 aromatic rings. The second-order valence-electron chi connectivity index (χ2n) is 5.68. The lowest BCUT2D eigenvalue weighted by Crippen LogP contribution is -2.03. The molecule has 0 fully saturated rings. The van der Waals surface area contributed by atoms with Gasteiger partial charge in [-0.2, -0.15) is 0 Å². The summed E-state index contributed by atoms with van der Waals surface area (Å²) in [7, 11) is 0. The molecule has 3 rings (SSSR count). The number of phenols is 2. The van der Waals surface area contributed by atoms with E-state index in [0.717, 1.165) is 0 Å². The smallest absolute Gasteiger partial charge is 0.281 e. The van der Waals surface area contributed by atoms with Gasteiger partial charge in [-0.3, -0.25) is 14.6 Å². The molecule has 0 atom stereocenters. The van der Waals surface area contributed by atoms with E-state index in [1.807, 2.05) is 6.92 Å². The van der Waals surface area contributed by atoms with Gasteiger partial charge in [-0.05, 0) is 32.1 Å². The van der Waals surface area contributed by atoms with Gasteiger partial charge in [0.2, 0.25) is 0 Å². The summed E-state index contributed by atoms with van der Waals surface area (Å²) in [4.78, 5) is 31.7. The third kappa shape index (κ3) is 3.10. The molecule has 2 heterocycles. The monoisotopic (exact) mass is 364 g/mol. The number of aryl methyl sites for hydroxylation is 1. The Hall–Kier alpha value is -3.74. The number of hydrogen-bond donors (Lipinski definition) is 2. The molecule has 0 aliphatic rings.